The quantitative estimate of drug-likeness (QED) is 0.808. The molecule has 3 N–H and O–H groups in total. The molecule has 4 heteroatoms. The summed E-state index contributed by atoms with van der Waals surface area (Å²) in [7, 11) is 0. The van der Waals surface area contributed by atoms with E-state index >= 15 is 0 Å². The molecule has 1 unspecified atom stereocenters. The van der Waals surface area contributed by atoms with E-state index in [1.165, 1.54) is 37.9 Å². The lowest BCUT2D eigenvalue weighted by Gasteiger charge is -2.22. The van der Waals surface area contributed by atoms with Gasteiger partial charge in [0, 0.05) is 18.5 Å². The molecule has 1 saturated carbocycles. The zero-order chi connectivity index (χ0) is 11.0. The molecule has 16 heavy (non-hydrogen) atoms. The highest BCUT2D eigenvalue weighted by molar-refractivity contribution is 5.33. The molecule has 1 saturated heterocycles. The lowest BCUT2D eigenvalue weighted by atomic mass is 10.00. The number of rotatable bonds is 3. The molecule has 3 rings (SSSR count). The second-order valence-electron chi connectivity index (χ2n) is 5.16. The summed E-state index contributed by atoms with van der Waals surface area (Å²) in [6, 6.07) is 2.06. The summed E-state index contributed by atoms with van der Waals surface area (Å²) < 4.78 is 2.01. The van der Waals surface area contributed by atoms with Crippen LogP contribution in [0.15, 0.2) is 6.07 Å². The van der Waals surface area contributed by atoms with Gasteiger partial charge in [-0.3, -0.25) is 0 Å². The number of piperidine rings is 1. The van der Waals surface area contributed by atoms with E-state index in [1.807, 2.05) is 4.68 Å². The Morgan fingerprint density at radius 2 is 2.31 bits per heavy atom. The van der Waals surface area contributed by atoms with Gasteiger partial charge in [-0.15, -0.1) is 0 Å². The summed E-state index contributed by atoms with van der Waals surface area (Å²) in [4.78, 5) is 0. The van der Waals surface area contributed by atoms with Crippen LogP contribution in [0.25, 0.3) is 0 Å². The molecule has 2 fully saturated rings. The highest BCUT2D eigenvalue weighted by atomic mass is 15.3. The Labute approximate surface area is 96.2 Å². The van der Waals surface area contributed by atoms with Gasteiger partial charge in [-0.25, -0.2) is 4.68 Å². The largest absolute Gasteiger partial charge is 0.384 e. The van der Waals surface area contributed by atoms with Crippen LogP contribution in [-0.2, 0) is 6.54 Å². The van der Waals surface area contributed by atoms with Gasteiger partial charge in [0.25, 0.3) is 0 Å². The molecular formula is C12H20N4. The smallest absolute Gasteiger partial charge is 0.121 e. The Morgan fingerprint density at radius 3 is 3.00 bits per heavy atom. The Morgan fingerprint density at radius 1 is 1.44 bits per heavy atom. The molecule has 88 valence electrons. The van der Waals surface area contributed by atoms with Gasteiger partial charge in [-0.2, -0.15) is 5.10 Å². The van der Waals surface area contributed by atoms with Crippen molar-refractivity contribution in [3.05, 3.63) is 11.8 Å². The van der Waals surface area contributed by atoms with E-state index < -0.39 is 0 Å². The minimum atomic E-state index is 0.697. The van der Waals surface area contributed by atoms with Crippen molar-refractivity contribution in [2.24, 2.45) is 5.92 Å². The Hall–Kier alpha value is -1.03. The van der Waals surface area contributed by atoms with Crippen LogP contribution in [-0.4, -0.2) is 22.9 Å². The Kier molecular flexibility index (Phi) is 2.59. The first-order chi connectivity index (χ1) is 7.83. The molecule has 0 amide bonds. The average Bonchev–Trinajstić information content (AvgIpc) is 3.07. The summed E-state index contributed by atoms with van der Waals surface area (Å²) in [5.74, 6) is 2.24. The molecule has 1 aromatic rings. The molecule has 1 aliphatic carbocycles. The Balaban J connectivity index is 1.68. The van der Waals surface area contributed by atoms with Crippen LogP contribution in [0.1, 0.15) is 37.3 Å². The van der Waals surface area contributed by atoms with Gasteiger partial charge in [0.15, 0.2) is 0 Å². The first-order valence-electron chi connectivity index (χ1n) is 6.37. The van der Waals surface area contributed by atoms with E-state index in [4.69, 9.17) is 5.73 Å². The molecule has 0 bridgehead atoms. The number of nitrogen functional groups attached to an aromatic ring is 1. The fourth-order valence-corrected chi connectivity index (χ4v) is 2.50. The third kappa shape index (κ3) is 2.07. The maximum Gasteiger partial charge on any atom is 0.121 e. The number of anilines is 1. The van der Waals surface area contributed by atoms with Crippen molar-refractivity contribution in [1.82, 2.24) is 15.1 Å². The number of nitrogens with one attached hydrogen (secondary N) is 1. The minimum Gasteiger partial charge on any atom is -0.384 e. The van der Waals surface area contributed by atoms with Gasteiger partial charge in [0.2, 0.25) is 0 Å². The normalized spacial score (nSPS) is 25.9. The van der Waals surface area contributed by atoms with Crippen molar-refractivity contribution < 1.29 is 0 Å². The van der Waals surface area contributed by atoms with E-state index in [0.29, 0.717) is 11.8 Å². The highest BCUT2D eigenvalue weighted by Gasteiger charge is 2.27. The van der Waals surface area contributed by atoms with Crippen molar-refractivity contribution in [2.45, 2.75) is 38.1 Å². The lowest BCUT2D eigenvalue weighted by Crippen LogP contribution is -2.32. The Bertz CT molecular complexity index is 361. The first kappa shape index (κ1) is 10.1. The minimum absolute atomic E-state index is 0.697. The molecule has 0 spiro atoms. The predicted molar refractivity (Wildman–Crippen MR) is 64.2 cm³/mol. The van der Waals surface area contributed by atoms with Crippen molar-refractivity contribution in [2.75, 3.05) is 18.8 Å². The molecule has 1 aliphatic heterocycles. The maximum absolute atomic E-state index is 6.00. The maximum atomic E-state index is 6.00. The lowest BCUT2D eigenvalue weighted by molar-refractivity contribution is 0.326. The van der Waals surface area contributed by atoms with Crippen molar-refractivity contribution in [1.29, 1.82) is 0 Å². The third-order valence-electron chi connectivity index (χ3n) is 3.66. The fourth-order valence-electron chi connectivity index (χ4n) is 2.50. The third-order valence-corrected chi connectivity index (χ3v) is 3.66. The van der Waals surface area contributed by atoms with Crippen molar-refractivity contribution >= 4 is 5.82 Å². The van der Waals surface area contributed by atoms with E-state index in [0.717, 1.165) is 18.9 Å². The molecule has 2 heterocycles. The van der Waals surface area contributed by atoms with E-state index in [2.05, 4.69) is 16.5 Å². The van der Waals surface area contributed by atoms with Crippen LogP contribution >= 0.6 is 0 Å². The van der Waals surface area contributed by atoms with Gasteiger partial charge in [0.05, 0.1) is 5.69 Å². The number of aromatic nitrogens is 2. The first-order valence-corrected chi connectivity index (χ1v) is 6.37. The zero-order valence-corrected chi connectivity index (χ0v) is 9.65. The number of nitrogens with zero attached hydrogens (tertiary/aromatic N) is 2. The molecule has 0 aromatic carbocycles. The summed E-state index contributed by atoms with van der Waals surface area (Å²) in [5.41, 5.74) is 7.21. The molecule has 1 aromatic heterocycles. The summed E-state index contributed by atoms with van der Waals surface area (Å²) in [6.45, 7) is 3.25. The topological polar surface area (TPSA) is 55.9 Å². The van der Waals surface area contributed by atoms with Crippen LogP contribution in [0.2, 0.25) is 0 Å². The molecule has 4 nitrogen and oxygen atoms in total. The molecular weight excluding hydrogens is 200 g/mol. The van der Waals surface area contributed by atoms with E-state index in [9.17, 15) is 0 Å². The van der Waals surface area contributed by atoms with Crippen LogP contribution in [0.5, 0.6) is 0 Å². The second kappa shape index (κ2) is 4.09. The number of hydrogen-bond donors (Lipinski definition) is 2. The van der Waals surface area contributed by atoms with Crippen LogP contribution in [0, 0.1) is 5.92 Å². The van der Waals surface area contributed by atoms with Crippen LogP contribution in [0.3, 0.4) is 0 Å². The fraction of sp³-hybridized carbons (Fsp3) is 0.750. The van der Waals surface area contributed by atoms with Gasteiger partial charge in [-0.05, 0) is 44.7 Å². The zero-order valence-electron chi connectivity index (χ0n) is 9.65. The van der Waals surface area contributed by atoms with Gasteiger partial charge in [-0.1, -0.05) is 0 Å². The second-order valence-corrected chi connectivity index (χ2v) is 5.16. The number of hydrogen-bond acceptors (Lipinski definition) is 3. The highest BCUT2D eigenvalue weighted by Crippen LogP contribution is 2.39. The SMILES string of the molecule is Nc1cc(C2CC2)nn1CC1CCCNC1. The van der Waals surface area contributed by atoms with Gasteiger partial charge >= 0.3 is 0 Å². The van der Waals surface area contributed by atoms with E-state index in [-0.39, 0.29) is 0 Å². The molecule has 2 aliphatic rings. The molecule has 1 atom stereocenters. The van der Waals surface area contributed by atoms with Crippen LogP contribution < -0.4 is 11.1 Å². The van der Waals surface area contributed by atoms with Gasteiger partial charge < -0.3 is 11.1 Å². The average molecular weight is 220 g/mol. The predicted octanol–water partition coefficient (Wildman–Crippen LogP) is 1.34. The monoisotopic (exact) mass is 220 g/mol. The summed E-state index contributed by atoms with van der Waals surface area (Å²) in [5, 5.41) is 8.06. The van der Waals surface area contributed by atoms with Crippen LogP contribution in [0.4, 0.5) is 5.82 Å². The number of nitrogens with two attached hydrogens (primary N) is 1. The molecule has 0 radical (unpaired) electrons. The summed E-state index contributed by atoms with van der Waals surface area (Å²) >= 11 is 0. The van der Waals surface area contributed by atoms with E-state index in [1.54, 1.807) is 0 Å². The summed E-state index contributed by atoms with van der Waals surface area (Å²) in [6.07, 6.45) is 5.16. The van der Waals surface area contributed by atoms with Gasteiger partial charge in [0.1, 0.15) is 5.82 Å². The van der Waals surface area contributed by atoms with Crippen molar-refractivity contribution in [3.8, 4) is 0 Å². The standard InChI is InChI=1S/C12H20N4/c13-12-6-11(10-3-4-10)15-16(12)8-9-2-1-5-14-7-9/h6,9-10,14H,1-5,7-8,13H2. The van der Waals surface area contributed by atoms with Crippen molar-refractivity contribution in [3.63, 3.8) is 0 Å².